The van der Waals surface area contributed by atoms with Crippen molar-refractivity contribution in [1.82, 2.24) is 19.7 Å². The van der Waals surface area contributed by atoms with E-state index in [1.54, 1.807) is 15.9 Å². The van der Waals surface area contributed by atoms with Crippen molar-refractivity contribution in [1.29, 1.82) is 0 Å². The summed E-state index contributed by atoms with van der Waals surface area (Å²) in [5.74, 6) is 1.98. The first-order valence-corrected chi connectivity index (χ1v) is 8.80. The number of aromatic amines is 1. The second-order valence-electron chi connectivity index (χ2n) is 6.16. The molecule has 1 aliphatic heterocycles. The van der Waals surface area contributed by atoms with E-state index in [1.807, 2.05) is 22.4 Å². The molecule has 0 bridgehead atoms. The molecule has 3 rings (SSSR count). The summed E-state index contributed by atoms with van der Waals surface area (Å²) < 4.78 is 2.29. The Labute approximate surface area is 139 Å². The Bertz CT molecular complexity index is 693. The fourth-order valence-electron chi connectivity index (χ4n) is 3.16. The largest absolute Gasteiger partial charge is 0.341 e. The maximum atomic E-state index is 12.7. The van der Waals surface area contributed by atoms with Crippen molar-refractivity contribution in [3.63, 3.8) is 0 Å². The Balaban J connectivity index is 1.80. The standard InChI is InChI=1S/C15H20N4OS2/c1-10-6-11(2)8-18(7-10)13(20)9-19-14(16-17-15(19)21)12-4-3-5-22-12/h3-5,10-11H,6-9H2,1-2H3,(H,17,21)/t10-,11-/m0/s1. The van der Waals surface area contributed by atoms with Gasteiger partial charge in [0.25, 0.3) is 0 Å². The van der Waals surface area contributed by atoms with Crippen LogP contribution < -0.4 is 0 Å². The summed E-state index contributed by atoms with van der Waals surface area (Å²) in [7, 11) is 0. The highest BCUT2D eigenvalue weighted by atomic mass is 32.1. The highest BCUT2D eigenvalue weighted by molar-refractivity contribution is 7.71. The molecule has 1 fully saturated rings. The molecule has 1 aliphatic rings. The summed E-state index contributed by atoms with van der Waals surface area (Å²) >= 11 is 6.88. The van der Waals surface area contributed by atoms with E-state index in [0.717, 1.165) is 23.8 Å². The molecule has 1 amide bonds. The maximum absolute atomic E-state index is 12.7. The van der Waals surface area contributed by atoms with Gasteiger partial charge in [-0.25, -0.2) is 0 Å². The molecule has 22 heavy (non-hydrogen) atoms. The zero-order valence-corrected chi connectivity index (χ0v) is 14.4. The van der Waals surface area contributed by atoms with Crippen LogP contribution in [0.3, 0.4) is 0 Å². The lowest BCUT2D eigenvalue weighted by molar-refractivity contribution is -0.134. The summed E-state index contributed by atoms with van der Waals surface area (Å²) in [6.45, 7) is 6.33. The van der Waals surface area contributed by atoms with Crippen LogP contribution in [0, 0.1) is 16.6 Å². The van der Waals surface area contributed by atoms with Crippen molar-refractivity contribution in [2.24, 2.45) is 11.8 Å². The molecule has 0 unspecified atom stereocenters. The highest BCUT2D eigenvalue weighted by Gasteiger charge is 2.26. The van der Waals surface area contributed by atoms with E-state index >= 15 is 0 Å². The minimum absolute atomic E-state index is 0.119. The van der Waals surface area contributed by atoms with E-state index in [0.29, 0.717) is 16.6 Å². The summed E-state index contributed by atoms with van der Waals surface area (Å²) in [4.78, 5) is 15.6. The van der Waals surface area contributed by atoms with Gasteiger partial charge in [0.2, 0.25) is 5.91 Å². The maximum Gasteiger partial charge on any atom is 0.242 e. The fourth-order valence-corrected chi connectivity index (χ4v) is 4.08. The molecule has 0 aliphatic carbocycles. The van der Waals surface area contributed by atoms with Crippen LogP contribution in [-0.4, -0.2) is 38.7 Å². The third-order valence-corrected chi connectivity index (χ3v) is 5.19. The molecule has 0 spiro atoms. The lowest BCUT2D eigenvalue weighted by Crippen LogP contribution is -2.44. The van der Waals surface area contributed by atoms with Gasteiger partial charge in [0, 0.05) is 13.1 Å². The molecule has 2 aromatic heterocycles. The number of hydrogen-bond acceptors (Lipinski definition) is 4. The van der Waals surface area contributed by atoms with E-state index < -0.39 is 0 Å². The number of H-pyrrole nitrogens is 1. The number of nitrogens with zero attached hydrogens (tertiary/aromatic N) is 3. The topological polar surface area (TPSA) is 53.9 Å². The van der Waals surface area contributed by atoms with Gasteiger partial charge in [-0.1, -0.05) is 19.9 Å². The lowest BCUT2D eigenvalue weighted by Gasteiger charge is -2.35. The van der Waals surface area contributed by atoms with Crippen molar-refractivity contribution in [3.05, 3.63) is 22.3 Å². The number of piperidine rings is 1. The third kappa shape index (κ3) is 3.15. The Hall–Kier alpha value is -1.47. The molecule has 7 heteroatoms. The van der Waals surface area contributed by atoms with Gasteiger partial charge < -0.3 is 4.90 Å². The zero-order valence-electron chi connectivity index (χ0n) is 12.8. The molecule has 118 valence electrons. The van der Waals surface area contributed by atoms with Crippen LogP contribution in [-0.2, 0) is 11.3 Å². The Morgan fingerprint density at radius 3 is 2.82 bits per heavy atom. The molecule has 0 aromatic carbocycles. The van der Waals surface area contributed by atoms with Crippen molar-refractivity contribution in [3.8, 4) is 10.7 Å². The molecule has 5 nitrogen and oxygen atoms in total. The predicted octanol–water partition coefficient (Wildman–Crippen LogP) is 3.17. The highest BCUT2D eigenvalue weighted by Crippen LogP contribution is 2.24. The number of amides is 1. The van der Waals surface area contributed by atoms with Crippen LogP contribution in [0.5, 0.6) is 0 Å². The first-order chi connectivity index (χ1) is 10.5. The second kappa shape index (κ2) is 6.34. The Morgan fingerprint density at radius 1 is 1.45 bits per heavy atom. The second-order valence-corrected chi connectivity index (χ2v) is 7.49. The summed E-state index contributed by atoms with van der Waals surface area (Å²) in [5.41, 5.74) is 0. The summed E-state index contributed by atoms with van der Waals surface area (Å²) in [5, 5.41) is 9.07. The van der Waals surface area contributed by atoms with Crippen LogP contribution in [0.25, 0.3) is 10.7 Å². The number of hydrogen-bond donors (Lipinski definition) is 1. The third-order valence-electron chi connectivity index (χ3n) is 4.01. The van der Waals surface area contributed by atoms with Gasteiger partial charge in [-0.3, -0.25) is 14.5 Å². The SMILES string of the molecule is C[C@H]1C[C@H](C)CN(C(=O)Cn2c(-c3cccs3)n[nH]c2=S)C1. The quantitative estimate of drug-likeness (QED) is 0.876. The Kier molecular flexibility index (Phi) is 4.44. The van der Waals surface area contributed by atoms with E-state index in [2.05, 4.69) is 24.0 Å². The van der Waals surface area contributed by atoms with Gasteiger partial charge in [0.15, 0.2) is 10.6 Å². The molecular weight excluding hydrogens is 316 g/mol. The number of thiophene rings is 1. The van der Waals surface area contributed by atoms with Gasteiger partial charge in [-0.15, -0.1) is 11.3 Å². The van der Waals surface area contributed by atoms with Crippen LogP contribution in [0.2, 0.25) is 0 Å². The molecule has 0 saturated carbocycles. The van der Waals surface area contributed by atoms with Gasteiger partial charge in [-0.2, -0.15) is 5.10 Å². The molecule has 3 heterocycles. The number of aromatic nitrogens is 3. The van der Waals surface area contributed by atoms with Crippen LogP contribution in [0.15, 0.2) is 17.5 Å². The van der Waals surface area contributed by atoms with E-state index in [1.165, 1.54) is 6.42 Å². The van der Waals surface area contributed by atoms with Gasteiger partial charge in [0.1, 0.15) is 6.54 Å². The summed E-state index contributed by atoms with van der Waals surface area (Å²) in [6, 6.07) is 3.96. The van der Waals surface area contributed by atoms with Crippen molar-refractivity contribution in [2.75, 3.05) is 13.1 Å². The molecule has 1 saturated heterocycles. The first kappa shape index (κ1) is 15.4. The monoisotopic (exact) mass is 336 g/mol. The molecule has 2 atom stereocenters. The van der Waals surface area contributed by atoms with Gasteiger partial charge in [0.05, 0.1) is 4.88 Å². The van der Waals surface area contributed by atoms with Crippen molar-refractivity contribution in [2.45, 2.75) is 26.8 Å². The molecule has 2 aromatic rings. The van der Waals surface area contributed by atoms with Gasteiger partial charge in [-0.05, 0) is 41.9 Å². The van der Waals surface area contributed by atoms with Crippen molar-refractivity contribution < 1.29 is 4.79 Å². The number of carbonyl (C=O) groups is 1. The zero-order chi connectivity index (χ0) is 15.7. The normalized spacial score (nSPS) is 22.0. The fraction of sp³-hybridized carbons (Fsp3) is 0.533. The minimum atomic E-state index is 0.119. The number of nitrogens with one attached hydrogen (secondary N) is 1. The molecular formula is C15H20N4OS2. The molecule has 0 radical (unpaired) electrons. The summed E-state index contributed by atoms with van der Waals surface area (Å²) in [6.07, 6.45) is 1.19. The number of carbonyl (C=O) groups excluding carboxylic acids is 1. The first-order valence-electron chi connectivity index (χ1n) is 7.51. The average Bonchev–Trinajstić information content (AvgIpc) is 3.08. The van der Waals surface area contributed by atoms with Gasteiger partial charge >= 0.3 is 0 Å². The van der Waals surface area contributed by atoms with E-state index in [9.17, 15) is 4.79 Å². The Morgan fingerprint density at radius 2 is 2.18 bits per heavy atom. The molecule has 1 N–H and O–H groups in total. The minimum Gasteiger partial charge on any atom is -0.341 e. The average molecular weight is 336 g/mol. The van der Waals surface area contributed by atoms with E-state index in [-0.39, 0.29) is 12.5 Å². The van der Waals surface area contributed by atoms with Crippen molar-refractivity contribution >= 4 is 29.5 Å². The van der Waals surface area contributed by atoms with E-state index in [4.69, 9.17) is 12.2 Å². The predicted molar refractivity (Wildman–Crippen MR) is 90.2 cm³/mol. The van der Waals surface area contributed by atoms with Crippen LogP contribution in [0.1, 0.15) is 20.3 Å². The van der Waals surface area contributed by atoms with Crippen LogP contribution in [0.4, 0.5) is 0 Å². The van der Waals surface area contributed by atoms with Crippen LogP contribution >= 0.6 is 23.6 Å². The lowest BCUT2D eigenvalue weighted by atomic mass is 9.92. The number of rotatable bonds is 3. The smallest absolute Gasteiger partial charge is 0.242 e. The number of likely N-dealkylation sites (tertiary alicyclic amines) is 1.